The van der Waals surface area contributed by atoms with Gasteiger partial charge in [0.25, 0.3) is 0 Å². The largest absolute Gasteiger partial charge is 0.0654 e. The van der Waals surface area contributed by atoms with E-state index in [1.807, 2.05) is 0 Å². The van der Waals surface area contributed by atoms with Gasteiger partial charge in [0, 0.05) is 0 Å². The summed E-state index contributed by atoms with van der Waals surface area (Å²) in [5.41, 5.74) is 0.593. The molecule has 0 aliphatic heterocycles. The van der Waals surface area contributed by atoms with Crippen LogP contribution in [0, 0.1) is 5.41 Å². The molecule has 116 valence electrons. The maximum atomic E-state index is 2.48. The van der Waals surface area contributed by atoms with Gasteiger partial charge in [0.1, 0.15) is 0 Å². The highest BCUT2D eigenvalue weighted by Gasteiger charge is 2.16. The van der Waals surface area contributed by atoms with Crippen LogP contribution < -0.4 is 0 Å². The van der Waals surface area contributed by atoms with Gasteiger partial charge in [-0.15, -0.1) is 0 Å². The molecule has 0 fully saturated rings. The summed E-state index contributed by atoms with van der Waals surface area (Å²) in [5, 5.41) is 0. The van der Waals surface area contributed by atoms with E-state index >= 15 is 0 Å². The van der Waals surface area contributed by atoms with Crippen molar-refractivity contribution in [2.45, 2.75) is 118 Å². The van der Waals surface area contributed by atoms with E-state index < -0.39 is 0 Å². The molecule has 0 unspecified atom stereocenters. The summed E-state index contributed by atoms with van der Waals surface area (Å²) in [6.45, 7) is 9.54. The Balaban J connectivity index is 3.35. The predicted octanol–water partition coefficient (Wildman–Crippen LogP) is 7.51. The second-order valence-electron chi connectivity index (χ2n) is 7.20. The average molecular weight is 269 g/mol. The van der Waals surface area contributed by atoms with Gasteiger partial charge in [-0.3, -0.25) is 0 Å². The Hall–Kier alpha value is 0. The summed E-state index contributed by atoms with van der Waals surface area (Å²) < 4.78 is 0. The van der Waals surface area contributed by atoms with Crippen LogP contribution in [0.25, 0.3) is 0 Å². The third-order valence-electron chi connectivity index (χ3n) is 4.41. The smallest absolute Gasteiger partial charge is 0.0354 e. The molecule has 0 aromatic heterocycles. The summed E-state index contributed by atoms with van der Waals surface area (Å²) >= 11 is 0. The maximum Gasteiger partial charge on any atom is -0.0354 e. The van der Waals surface area contributed by atoms with E-state index in [9.17, 15) is 0 Å². The summed E-state index contributed by atoms with van der Waals surface area (Å²) in [4.78, 5) is 0. The van der Waals surface area contributed by atoms with Crippen LogP contribution in [-0.2, 0) is 0 Å². The van der Waals surface area contributed by atoms with E-state index in [0.717, 1.165) is 0 Å². The molecule has 0 aromatic rings. The van der Waals surface area contributed by atoms with Crippen molar-refractivity contribution in [3.63, 3.8) is 0 Å². The monoisotopic (exact) mass is 268 g/mol. The zero-order valence-corrected chi connectivity index (χ0v) is 14.4. The highest BCUT2D eigenvalue weighted by molar-refractivity contribution is 4.68. The van der Waals surface area contributed by atoms with Crippen molar-refractivity contribution in [3.05, 3.63) is 0 Å². The second-order valence-corrected chi connectivity index (χ2v) is 7.20. The van der Waals surface area contributed by atoms with Crippen LogP contribution in [-0.4, -0.2) is 0 Å². The van der Waals surface area contributed by atoms with Gasteiger partial charge in [0.2, 0.25) is 0 Å². The van der Waals surface area contributed by atoms with Gasteiger partial charge in [0.05, 0.1) is 0 Å². The first-order valence-electron chi connectivity index (χ1n) is 9.12. The molecule has 0 rings (SSSR count). The number of hydrogen-bond acceptors (Lipinski definition) is 0. The fraction of sp³-hybridized carbons (Fsp3) is 1.00. The lowest BCUT2D eigenvalue weighted by Crippen LogP contribution is -2.11. The molecule has 0 bridgehead atoms. The van der Waals surface area contributed by atoms with E-state index in [1.165, 1.54) is 89.9 Å². The molecule has 0 aliphatic carbocycles. The lowest BCUT2D eigenvalue weighted by molar-refractivity contribution is 0.282. The Bertz CT molecular complexity index is 169. The molecule has 0 atom stereocenters. The van der Waals surface area contributed by atoms with Gasteiger partial charge >= 0.3 is 0 Å². The molecule has 0 nitrogen and oxygen atoms in total. The topological polar surface area (TPSA) is 0 Å². The first kappa shape index (κ1) is 19.0. The van der Waals surface area contributed by atoms with Gasteiger partial charge in [-0.1, -0.05) is 105 Å². The van der Waals surface area contributed by atoms with Crippen LogP contribution in [0.2, 0.25) is 0 Å². The summed E-state index contributed by atoms with van der Waals surface area (Å²) in [7, 11) is 0. The maximum absolute atomic E-state index is 2.48. The fourth-order valence-corrected chi connectivity index (χ4v) is 2.89. The summed E-state index contributed by atoms with van der Waals surface area (Å²) in [5.74, 6) is 0. The molecule has 0 aromatic carbocycles. The lowest BCUT2D eigenvalue weighted by atomic mass is 9.82. The third-order valence-corrected chi connectivity index (χ3v) is 4.41. The molecular weight excluding hydrogens is 228 g/mol. The fourth-order valence-electron chi connectivity index (χ4n) is 2.89. The minimum atomic E-state index is 0.593. The molecule has 0 spiro atoms. The van der Waals surface area contributed by atoms with Crippen molar-refractivity contribution in [3.8, 4) is 0 Å². The summed E-state index contributed by atoms with van der Waals surface area (Å²) in [6.07, 6.45) is 20.1. The summed E-state index contributed by atoms with van der Waals surface area (Å²) in [6, 6.07) is 0. The third kappa shape index (κ3) is 14.2. The quantitative estimate of drug-likeness (QED) is 0.286. The van der Waals surface area contributed by atoms with E-state index in [-0.39, 0.29) is 0 Å². The van der Waals surface area contributed by atoms with Crippen molar-refractivity contribution in [1.82, 2.24) is 0 Å². The van der Waals surface area contributed by atoms with Crippen LogP contribution in [0.5, 0.6) is 0 Å². The number of hydrogen-bond donors (Lipinski definition) is 0. The molecule has 0 N–H and O–H groups in total. The van der Waals surface area contributed by atoms with Gasteiger partial charge < -0.3 is 0 Å². The van der Waals surface area contributed by atoms with Crippen LogP contribution in [0.3, 0.4) is 0 Å². The van der Waals surface area contributed by atoms with Crippen molar-refractivity contribution in [2.24, 2.45) is 5.41 Å². The zero-order chi connectivity index (χ0) is 14.4. The predicted molar refractivity (Wildman–Crippen MR) is 89.8 cm³/mol. The van der Waals surface area contributed by atoms with E-state index in [0.29, 0.717) is 5.41 Å². The van der Waals surface area contributed by atoms with E-state index in [4.69, 9.17) is 0 Å². The highest BCUT2D eigenvalue weighted by atomic mass is 14.2. The average Bonchev–Trinajstić information content (AvgIpc) is 2.37. The van der Waals surface area contributed by atoms with Crippen molar-refractivity contribution in [1.29, 1.82) is 0 Å². The highest BCUT2D eigenvalue weighted by Crippen LogP contribution is 2.30. The van der Waals surface area contributed by atoms with Crippen LogP contribution in [0.1, 0.15) is 118 Å². The van der Waals surface area contributed by atoms with Crippen molar-refractivity contribution >= 4 is 0 Å². The molecular formula is C19H40. The van der Waals surface area contributed by atoms with Crippen LogP contribution in [0.4, 0.5) is 0 Å². The standard InChI is InChI=1S/C19H40/c1-5-7-9-11-12-14-16-18-19(3,4)17-15-13-10-8-6-2/h5-18H2,1-4H3. The first-order valence-corrected chi connectivity index (χ1v) is 9.12. The van der Waals surface area contributed by atoms with Gasteiger partial charge in [0.15, 0.2) is 0 Å². The van der Waals surface area contributed by atoms with Gasteiger partial charge in [-0.2, -0.15) is 0 Å². The normalized spacial score (nSPS) is 12.0. The number of unbranched alkanes of at least 4 members (excludes halogenated alkanes) is 10. The van der Waals surface area contributed by atoms with Gasteiger partial charge in [-0.25, -0.2) is 0 Å². The Morgan fingerprint density at radius 1 is 0.474 bits per heavy atom. The molecule has 0 saturated heterocycles. The zero-order valence-electron chi connectivity index (χ0n) is 14.4. The SMILES string of the molecule is CCCCCCCCCC(C)(C)CCCCCCC. The van der Waals surface area contributed by atoms with E-state index in [2.05, 4.69) is 27.7 Å². The Labute approximate surface area is 123 Å². The lowest BCUT2D eigenvalue weighted by Gasteiger charge is -2.24. The van der Waals surface area contributed by atoms with Crippen LogP contribution in [0.15, 0.2) is 0 Å². The van der Waals surface area contributed by atoms with Crippen molar-refractivity contribution in [2.75, 3.05) is 0 Å². The number of rotatable bonds is 14. The van der Waals surface area contributed by atoms with Crippen LogP contribution >= 0.6 is 0 Å². The van der Waals surface area contributed by atoms with E-state index in [1.54, 1.807) is 0 Å². The van der Waals surface area contributed by atoms with Gasteiger partial charge in [-0.05, 0) is 18.3 Å². The molecule has 0 heteroatoms. The Morgan fingerprint density at radius 3 is 1.16 bits per heavy atom. The van der Waals surface area contributed by atoms with Crippen molar-refractivity contribution < 1.29 is 0 Å². The molecule has 0 saturated carbocycles. The first-order chi connectivity index (χ1) is 9.12. The molecule has 19 heavy (non-hydrogen) atoms. The second kappa shape index (κ2) is 13.0. The Kier molecular flexibility index (Phi) is 13.0. The minimum Gasteiger partial charge on any atom is -0.0654 e. The Morgan fingerprint density at radius 2 is 0.789 bits per heavy atom. The molecule has 0 radical (unpaired) electrons. The molecule has 0 amide bonds. The minimum absolute atomic E-state index is 0.593. The molecule has 0 heterocycles. The molecule has 0 aliphatic rings.